The molecule has 2 aliphatic heterocycles. The van der Waals surface area contributed by atoms with Gasteiger partial charge in [0.2, 0.25) is 0 Å². The third kappa shape index (κ3) is 2.76. The lowest BCUT2D eigenvalue weighted by Gasteiger charge is -2.24. The summed E-state index contributed by atoms with van der Waals surface area (Å²) in [5.41, 5.74) is 1.91. The molecule has 1 fully saturated rings. The van der Waals surface area contributed by atoms with E-state index in [1.165, 1.54) is 0 Å². The van der Waals surface area contributed by atoms with Crippen LogP contribution in [0.25, 0.3) is 0 Å². The Labute approximate surface area is 141 Å². The summed E-state index contributed by atoms with van der Waals surface area (Å²) < 4.78 is 36.2. The van der Waals surface area contributed by atoms with Crippen LogP contribution in [0.2, 0.25) is 0 Å². The summed E-state index contributed by atoms with van der Waals surface area (Å²) >= 11 is 0. The first kappa shape index (κ1) is 15.5. The van der Waals surface area contributed by atoms with Crippen LogP contribution in [0.4, 0.5) is 0 Å². The molecule has 24 heavy (non-hydrogen) atoms. The first-order valence-corrected chi connectivity index (χ1v) is 9.46. The fourth-order valence-electron chi connectivity index (χ4n) is 3.39. The molecule has 1 N–H and O–H groups in total. The van der Waals surface area contributed by atoms with Crippen molar-refractivity contribution in [2.45, 2.75) is 30.3 Å². The largest absolute Gasteiger partial charge is 0.488 e. The Morgan fingerprint density at radius 3 is 2.92 bits per heavy atom. The summed E-state index contributed by atoms with van der Waals surface area (Å²) in [6.07, 6.45) is 1.10. The zero-order chi connectivity index (χ0) is 16.7. The average Bonchev–Trinajstić information content (AvgIpc) is 2.93. The van der Waals surface area contributed by atoms with E-state index in [0.717, 1.165) is 36.4 Å². The van der Waals surface area contributed by atoms with Gasteiger partial charge in [0.1, 0.15) is 22.5 Å². The highest BCUT2D eigenvalue weighted by molar-refractivity contribution is 7.87. The number of nitrogens with one attached hydrogen (secondary N) is 1. The van der Waals surface area contributed by atoms with Crippen molar-refractivity contribution in [3.05, 3.63) is 53.6 Å². The van der Waals surface area contributed by atoms with Crippen molar-refractivity contribution in [1.29, 1.82) is 0 Å². The maximum atomic E-state index is 12.5. The van der Waals surface area contributed by atoms with Gasteiger partial charge in [0.05, 0.1) is 0 Å². The molecule has 0 bridgehead atoms. The van der Waals surface area contributed by atoms with Crippen LogP contribution in [0.5, 0.6) is 11.5 Å². The van der Waals surface area contributed by atoms with Gasteiger partial charge in [-0.3, -0.25) is 0 Å². The lowest BCUT2D eigenvalue weighted by molar-refractivity contribution is 0.177. The highest BCUT2D eigenvalue weighted by atomic mass is 32.2. The molecule has 6 heteroatoms. The zero-order valence-electron chi connectivity index (χ0n) is 13.4. The highest BCUT2D eigenvalue weighted by Crippen LogP contribution is 2.43. The maximum Gasteiger partial charge on any atom is 0.339 e. The van der Waals surface area contributed by atoms with Gasteiger partial charge in [0.15, 0.2) is 0 Å². The van der Waals surface area contributed by atoms with E-state index in [2.05, 4.69) is 5.32 Å². The quantitative estimate of drug-likeness (QED) is 0.866. The third-order valence-corrected chi connectivity index (χ3v) is 5.81. The van der Waals surface area contributed by atoms with Crippen molar-refractivity contribution in [3.63, 3.8) is 0 Å². The predicted molar refractivity (Wildman–Crippen MR) is 90.1 cm³/mol. The number of aryl methyl sites for hydroxylation is 1. The SMILES string of the molecule is Cc1cccc(S(=O)(=O)Oc2ccc3c(c2)C2CCNCC2O3)c1. The number of benzene rings is 2. The van der Waals surface area contributed by atoms with Crippen LogP contribution in [0, 0.1) is 6.92 Å². The monoisotopic (exact) mass is 345 g/mol. The summed E-state index contributed by atoms with van der Waals surface area (Å²) in [7, 11) is -3.84. The van der Waals surface area contributed by atoms with Gasteiger partial charge in [-0.15, -0.1) is 0 Å². The summed E-state index contributed by atoms with van der Waals surface area (Å²) in [5, 5.41) is 3.32. The van der Waals surface area contributed by atoms with Crippen LogP contribution < -0.4 is 14.2 Å². The lowest BCUT2D eigenvalue weighted by Crippen LogP contribution is -2.39. The molecule has 2 aromatic rings. The van der Waals surface area contributed by atoms with Crippen molar-refractivity contribution in [2.75, 3.05) is 13.1 Å². The van der Waals surface area contributed by atoms with E-state index in [1.807, 2.05) is 13.0 Å². The molecule has 4 rings (SSSR count). The second-order valence-electron chi connectivity index (χ2n) is 6.31. The number of ether oxygens (including phenoxy) is 1. The number of piperidine rings is 1. The second-order valence-corrected chi connectivity index (χ2v) is 7.86. The Hall–Kier alpha value is -2.05. The molecule has 2 atom stereocenters. The highest BCUT2D eigenvalue weighted by Gasteiger charge is 2.36. The van der Waals surface area contributed by atoms with Gasteiger partial charge in [-0.2, -0.15) is 8.42 Å². The van der Waals surface area contributed by atoms with Crippen LogP contribution >= 0.6 is 0 Å². The van der Waals surface area contributed by atoms with Crippen molar-refractivity contribution in [1.82, 2.24) is 5.32 Å². The summed E-state index contributed by atoms with van der Waals surface area (Å²) in [6.45, 7) is 3.61. The molecule has 5 nitrogen and oxygen atoms in total. The van der Waals surface area contributed by atoms with Gasteiger partial charge in [0, 0.05) is 18.0 Å². The molecule has 2 aliphatic rings. The van der Waals surface area contributed by atoms with Crippen LogP contribution in [0.15, 0.2) is 47.4 Å². The number of fused-ring (bicyclic) bond motifs is 3. The Balaban J connectivity index is 1.62. The van der Waals surface area contributed by atoms with E-state index in [4.69, 9.17) is 8.92 Å². The van der Waals surface area contributed by atoms with Crippen LogP contribution in [0.1, 0.15) is 23.5 Å². The van der Waals surface area contributed by atoms with Crippen molar-refractivity contribution in [2.24, 2.45) is 0 Å². The van der Waals surface area contributed by atoms with Gasteiger partial charge in [-0.25, -0.2) is 0 Å². The summed E-state index contributed by atoms with van der Waals surface area (Å²) in [5.74, 6) is 1.46. The Bertz CT molecular complexity index is 878. The van der Waals surface area contributed by atoms with Crippen molar-refractivity contribution < 1.29 is 17.3 Å². The second kappa shape index (κ2) is 5.79. The molecular formula is C18H19NO4S. The van der Waals surface area contributed by atoms with Crippen molar-refractivity contribution >= 4 is 10.1 Å². The van der Waals surface area contributed by atoms with E-state index in [0.29, 0.717) is 11.7 Å². The minimum Gasteiger partial charge on any atom is -0.488 e. The summed E-state index contributed by atoms with van der Waals surface area (Å²) in [6, 6.07) is 12.0. The molecule has 0 radical (unpaired) electrons. The van der Waals surface area contributed by atoms with Crippen LogP contribution in [-0.2, 0) is 10.1 Å². The minimum atomic E-state index is -3.84. The normalized spacial score (nSPS) is 22.4. The van der Waals surface area contributed by atoms with Gasteiger partial charge >= 0.3 is 10.1 Å². The minimum absolute atomic E-state index is 0.123. The fraction of sp³-hybridized carbons (Fsp3) is 0.333. The molecule has 2 heterocycles. The Morgan fingerprint density at radius 2 is 2.08 bits per heavy atom. The van der Waals surface area contributed by atoms with E-state index < -0.39 is 10.1 Å². The Morgan fingerprint density at radius 1 is 1.21 bits per heavy atom. The molecule has 0 amide bonds. The molecule has 0 spiro atoms. The van der Waals surface area contributed by atoms with Gasteiger partial charge in [0.25, 0.3) is 0 Å². The zero-order valence-corrected chi connectivity index (χ0v) is 14.2. The lowest BCUT2D eigenvalue weighted by atomic mass is 9.90. The van der Waals surface area contributed by atoms with E-state index >= 15 is 0 Å². The number of hydrogen-bond acceptors (Lipinski definition) is 5. The van der Waals surface area contributed by atoms with Crippen LogP contribution in [-0.4, -0.2) is 27.6 Å². The third-order valence-electron chi connectivity index (χ3n) is 4.57. The first-order chi connectivity index (χ1) is 11.5. The fourth-order valence-corrected chi connectivity index (χ4v) is 4.42. The number of hydrogen-bond donors (Lipinski definition) is 1. The van der Waals surface area contributed by atoms with Gasteiger partial charge < -0.3 is 14.2 Å². The molecule has 2 unspecified atom stereocenters. The summed E-state index contributed by atoms with van der Waals surface area (Å²) in [4.78, 5) is 0.166. The van der Waals surface area contributed by atoms with E-state index in [1.54, 1.807) is 36.4 Å². The molecule has 1 saturated heterocycles. The van der Waals surface area contributed by atoms with Gasteiger partial charge in [-0.05, 0) is 55.8 Å². The maximum absolute atomic E-state index is 12.5. The standard InChI is InChI=1S/C18H19NO4S/c1-12-3-2-4-14(9-12)24(20,21)23-13-5-6-17-16(10-13)15-7-8-19-11-18(15)22-17/h2-6,9-10,15,18-19H,7-8,11H2,1H3. The van der Waals surface area contributed by atoms with E-state index in [-0.39, 0.29) is 11.0 Å². The number of rotatable bonds is 3. The van der Waals surface area contributed by atoms with E-state index in [9.17, 15) is 8.42 Å². The van der Waals surface area contributed by atoms with Crippen LogP contribution in [0.3, 0.4) is 0 Å². The van der Waals surface area contributed by atoms with Gasteiger partial charge in [-0.1, -0.05) is 12.1 Å². The molecular weight excluding hydrogens is 326 g/mol. The molecule has 2 aromatic carbocycles. The topological polar surface area (TPSA) is 64.6 Å². The smallest absolute Gasteiger partial charge is 0.339 e. The molecule has 126 valence electrons. The average molecular weight is 345 g/mol. The van der Waals surface area contributed by atoms with Crippen molar-refractivity contribution in [3.8, 4) is 11.5 Å². The predicted octanol–water partition coefficient (Wildman–Crippen LogP) is 2.60. The molecule has 0 aliphatic carbocycles. The molecule has 0 aromatic heterocycles. The molecule has 0 saturated carbocycles. The Kier molecular flexibility index (Phi) is 3.73. The first-order valence-electron chi connectivity index (χ1n) is 8.05.